The first-order chi connectivity index (χ1) is 21.6. The van der Waals surface area contributed by atoms with Crippen LogP contribution in [0.3, 0.4) is 0 Å². The zero-order valence-corrected chi connectivity index (χ0v) is 16.1. The van der Waals surface area contributed by atoms with E-state index in [0.717, 1.165) is 0 Å². The molecular weight excluding hydrogens is 352 g/mol. The molecule has 0 aliphatic carbocycles. The normalized spacial score (nSPS) is 21.0. The molecule has 0 amide bonds. The molecule has 28 heavy (non-hydrogen) atoms. The molecule has 0 atom stereocenters. The van der Waals surface area contributed by atoms with Gasteiger partial charge >= 0.3 is 0 Å². The molecule has 0 unspecified atom stereocenters. The molecule has 0 aliphatic rings. The molecule has 0 bridgehead atoms. The van der Waals surface area contributed by atoms with Gasteiger partial charge in [0.15, 0.2) is 8.07 Å². The second kappa shape index (κ2) is 8.00. The average molecular weight is 398 g/mol. The van der Waals surface area contributed by atoms with E-state index in [4.69, 9.17) is 24.7 Å². The highest BCUT2D eigenvalue weighted by Gasteiger charge is 2.41. The Hall–Kier alpha value is -2.90. The maximum absolute atomic E-state index is 9.38. The summed E-state index contributed by atoms with van der Waals surface area (Å²) < 4.78 is 166. The molecule has 4 aromatic rings. The van der Waals surface area contributed by atoms with E-state index >= 15 is 0 Å². The van der Waals surface area contributed by atoms with E-state index in [0.29, 0.717) is 0 Å². The van der Waals surface area contributed by atoms with E-state index in [1.807, 2.05) is 0 Å². The molecule has 138 valence electrons. The Labute approximate surface area is 196 Å². The third-order valence-electron chi connectivity index (χ3n) is 4.22. The molecule has 0 N–H and O–H groups in total. The highest BCUT2D eigenvalue weighted by molar-refractivity contribution is 7.19. The summed E-state index contributed by atoms with van der Waals surface area (Å²) >= 11 is 0. The van der Waals surface area contributed by atoms with Gasteiger partial charge in [-0.25, -0.2) is 0 Å². The topological polar surface area (TPSA) is 0 Å². The Balaban J connectivity index is 2.72. The summed E-state index contributed by atoms with van der Waals surface area (Å²) in [6.07, 6.45) is 0. The summed E-state index contributed by atoms with van der Waals surface area (Å²) in [7, 11) is -5.72. The second-order valence-electron chi connectivity index (χ2n) is 6.19. The van der Waals surface area contributed by atoms with Crippen molar-refractivity contribution < 1.29 is 26.0 Å². The molecule has 0 aliphatic heterocycles. The van der Waals surface area contributed by atoms with Crippen molar-refractivity contribution >= 4 is 28.8 Å². The average Bonchev–Trinajstić information content (AvgIpc) is 3.01. The largest absolute Gasteiger partial charge is 0.179 e. The quantitative estimate of drug-likeness (QED) is 0.350. The van der Waals surface area contributed by atoms with E-state index in [2.05, 4.69) is 0 Å². The SMILES string of the molecule is [2H]c1c([2H])c([2H])c([Si](c2c([2H])c([2H])c([2H])c([2H])c2[2H])(c2c([2H])c([2H])c([2H])c([2H])c2[2H])c2c([2H])c([2H])c([2H])c(C(C)C)c2[2H])c([2H])c1[2H]. The molecule has 0 saturated heterocycles. The predicted octanol–water partition coefficient (Wildman–Crippen LogP) is 4.19. The third kappa shape index (κ3) is 3.23. The van der Waals surface area contributed by atoms with Gasteiger partial charge in [-0.05, 0) is 32.2 Å². The molecule has 0 radical (unpaired) electrons. The highest BCUT2D eigenvalue weighted by atomic mass is 28.3. The Morgan fingerprint density at radius 2 is 0.929 bits per heavy atom. The summed E-state index contributed by atoms with van der Waals surface area (Å²) in [6.45, 7) is 3.09. The third-order valence-corrected chi connectivity index (χ3v) is 8.22. The van der Waals surface area contributed by atoms with Crippen molar-refractivity contribution in [1.82, 2.24) is 0 Å². The van der Waals surface area contributed by atoms with E-state index in [-0.39, 0.29) is 5.56 Å². The molecule has 0 spiro atoms. The fraction of sp³-hybridized carbons (Fsp3) is 0.111. The van der Waals surface area contributed by atoms with Gasteiger partial charge in [-0.1, -0.05) is 129 Å². The number of rotatable bonds is 5. The zero-order valence-electron chi connectivity index (χ0n) is 34.1. The van der Waals surface area contributed by atoms with Crippen LogP contribution in [0.15, 0.2) is 115 Å². The van der Waals surface area contributed by atoms with Crippen molar-refractivity contribution in [3.05, 3.63) is 120 Å². The first-order valence-corrected chi connectivity index (χ1v) is 10.4. The Morgan fingerprint density at radius 3 is 1.32 bits per heavy atom. The summed E-state index contributed by atoms with van der Waals surface area (Å²) in [4.78, 5) is 0. The van der Waals surface area contributed by atoms with E-state index in [1.54, 1.807) is 13.8 Å². The van der Waals surface area contributed by atoms with Crippen LogP contribution >= 0.6 is 0 Å². The lowest BCUT2D eigenvalue weighted by molar-refractivity contribution is 0.868. The van der Waals surface area contributed by atoms with E-state index < -0.39 is 150 Å². The zero-order chi connectivity index (χ0) is 35.9. The minimum atomic E-state index is -5.72. The van der Waals surface area contributed by atoms with Gasteiger partial charge < -0.3 is 0 Å². The van der Waals surface area contributed by atoms with Crippen LogP contribution < -0.4 is 20.7 Å². The van der Waals surface area contributed by atoms with Gasteiger partial charge in [0.2, 0.25) is 0 Å². The molecule has 0 aromatic heterocycles. The van der Waals surface area contributed by atoms with Gasteiger partial charge in [-0.2, -0.15) is 0 Å². The summed E-state index contributed by atoms with van der Waals surface area (Å²) in [5.41, 5.74) is -0.190. The molecular formula is C27H26Si. The fourth-order valence-corrected chi connectivity index (χ4v) is 6.47. The smallest absolute Gasteiger partial charge is 0.0623 e. The van der Waals surface area contributed by atoms with Crippen LogP contribution in [0.2, 0.25) is 0 Å². The van der Waals surface area contributed by atoms with Gasteiger partial charge in [-0.3, -0.25) is 0 Å². The molecule has 4 rings (SSSR count). The Morgan fingerprint density at radius 1 is 0.536 bits per heavy atom. The first-order valence-electron chi connectivity index (χ1n) is 17.9. The van der Waals surface area contributed by atoms with Crippen LogP contribution in [0, 0.1) is 0 Å². The Kier molecular flexibility index (Phi) is 1.88. The maximum Gasteiger partial charge on any atom is 0.179 e. The number of hydrogen-bond donors (Lipinski definition) is 0. The van der Waals surface area contributed by atoms with Crippen LogP contribution in [-0.2, 0) is 0 Å². The van der Waals surface area contributed by atoms with Crippen LogP contribution in [0.5, 0.6) is 0 Å². The summed E-state index contributed by atoms with van der Waals surface area (Å²) in [5, 5.41) is -3.30. The van der Waals surface area contributed by atoms with E-state index in [9.17, 15) is 1.37 Å². The van der Waals surface area contributed by atoms with E-state index in [1.165, 1.54) is 0 Å². The minimum Gasteiger partial charge on any atom is -0.0623 e. The lowest BCUT2D eigenvalue weighted by atomic mass is 10.0. The van der Waals surface area contributed by atoms with Crippen LogP contribution in [0.4, 0.5) is 0 Å². The van der Waals surface area contributed by atoms with Crippen LogP contribution in [0.1, 0.15) is 51.4 Å². The first kappa shape index (κ1) is 6.57. The maximum atomic E-state index is 9.38. The van der Waals surface area contributed by atoms with Crippen molar-refractivity contribution in [2.24, 2.45) is 0 Å². The monoisotopic (exact) mass is 397 g/mol. The van der Waals surface area contributed by atoms with Crippen LogP contribution in [-0.4, -0.2) is 8.07 Å². The fourth-order valence-electron chi connectivity index (χ4n) is 2.90. The van der Waals surface area contributed by atoms with Gasteiger partial charge in [0, 0.05) is 0 Å². The molecule has 0 saturated carbocycles. The lowest BCUT2D eigenvalue weighted by Gasteiger charge is -2.34. The van der Waals surface area contributed by atoms with Crippen molar-refractivity contribution in [3.63, 3.8) is 0 Å². The van der Waals surface area contributed by atoms with Gasteiger partial charge in [0.05, 0.1) is 26.0 Å². The van der Waals surface area contributed by atoms with Crippen molar-refractivity contribution in [1.29, 1.82) is 0 Å². The van der Waals surface area contributed by atoms with Gasteiger partial charge in [0.25, 0.3) is 0 Å². The molecule has 0 fully saturated rings. The minimum absolute atomic E-state index is 0.190. The highest BCUT2D eigenvalue weighted by Crippen LogP contribution is 2.15. The molecule has 0 nitrogen and oxygen atoms in total. The van der Waals surface area contributed by atoms with Crippen LogP contribution in [0.25, 0.3) is 0 Å². The summed E-state index contributed by atoms with van der Waals surface area (Å²) in [5.74, 6) is -0.731. The lowest BCUT2D eigenvalue weighted by Crippen LogP contribution is -2.74. The van der Waals surface area contributed by atoms with Crippen molar-refractivity contribution in [2.75, 3.05) is 0 Å². The van der Waals surface area contributed by atoms with Gasteiger partial charge in [0.1, 0.15) is 0 Å². The number of benzene rings is 4. The predicted molar refractivity (Wildman–Crippen MR) is 124 cm³/mol. The number of hydrogen-bond acceptors (Lipinski definition) is 0. The Bertz CT molecular complexity index is 1760. The van der Waals surface area contributed by atoms with Crippen molar-refractivity contribution in [3.8, 4) is 0 Å². The summed E-state index contributed by atoms with van der Waals surface area (Å²) in [6, 6.07) is -17.9. The molecule has 4 aromatic carbocycles. The van der Waals surface area contributed by atoms with Gasteiger partial charge in [-0.15, -0.1) is 0 Å². The van der Waals surface area contributed by atoms with Crippen molar-refractivity contribution in [2.45, 2.75) is 19.8 Å². The molecule has 1 heteroatoms. The second-order valence-corrected chi connectivity index (χ2v) is 9.69. The standard InChI is InChI=1S/C27H26Si/c1-22(2)23-13-12-20-27(21-23)28(24-14-6-3-7-15-24,25-16-8-4-9-17-25)26-18-10-5-11-19-26/h3-22H,1-2H3/i3D,4D,5D,6D,7D,8D,9D,10D,11D,12D,13D,14D,15D,16D,17D,18D,19D,20D,21D. The molecule has 0 heterocycles.